The minimum atomic E-state index is -0.310. The van der Waals surface area contributed by atoms with Crippen LogP contribution >= 0.6 is 11.8 Å². The highest BCUT2D eigenvalue weighted by molar-refractivity contribution is 7.99. The summed E-state index contributed by atoms with van der Waals surface area (Å²) in [5.41, 5.74) is 0.547. The van der Waals surface area contributed by atoms with Crippen molar-refractivity contribution < 1.29 is 19.1 Å². The van der Waals surface area contributed by atoms with Crippen LogP contribution in [-0.2, 0) is 9.59 Å². The minimum absolute atomic E-state index is 0.0705. The number of rotatable bonds is 7. The standard InChI is InChI=1S/C13H18N2O4S/c1-18-10-4-9(5-11(6-10)19-2)15-12(16)7-14-13(17)8-20-3/h4-6H,7-8H2,1-3H3,(H,14,17)(H,15,16). The highest BCUT2D eigenvalue weighted by atomic mass is 32.2. The first-order chi connectivity index (χ1) is 9.58. The van der Waals surface area contributed by atoms with Crippen molar-refractivity contribution in [2.75, 3.05) is 38.1 Å². The van der Waals surface area contributed by atoms with Gasteiger partial charge < -0.3 is 20.1 Å². The fraction of sp³-hybridized carbons (Fsp3) is 0.385. The summed E-state index contributed by atoms with van der Waals surface area (Å²) in [6, 6.07) is 5.05. The van der Waals surface area contributed by atoms with E-state index in [0.717, 1.165) is 0 Å². The van der Waals surface area contributed by atoms with Gasteiger partial charge in [0.2, 0.25) is 11.8 Å². The van der Waals surface area contributed by atoms with E-state index < -0.39 is 0 Å². The molecule has 0 saturated carbocycles. The Morgan fingerprint density at radius 2 is 1.70 bits per heavy atom. The molecule has 2 amide bonds. The Morgan fingerprint density at radius 1 is 1.10 bits per heavy atom. The van der Waals surface area contributed by atoms with Crippen molar-refractivity contribution >= 4 is 29.3 Å². The quantitative estimate of drug-likeness (QED) is 0.789. The Labute approximate surface area is 122 Å². The van der Waals surface area contributed by atoms with Crippen molar-refractivity contribution in [3.63, 3.8) is 0 Å². The van der Waals surface area contributed by atoms with Gasteiger partial charge >= 0.3 is 0 Å². The lowest BCUT2D eigenvalue weighted by Gasteiger charge is -2.10. The molecule has 0 spiro atoms. The van der Waals surface area contributed by atoms with Gasteiger partial charge in [0.15, 0.2) is 0 Å². The van der Waals surface area contributed by atoms with Gasteiger partial charge in [0.25, 0.3) is 0 Å². The number of amides is 2. The monoisotopic (exact) mass is 298 g/mol. The van der Waals surface area contributed by atoms with Gasteiger partial charge in [-0.25, -0.2) is 0 Å². The maximum Gasteiger partial charge on any atom is 0.243 e. The highest BCUT2D eigenvalue weighted by Crippen LogP contribution is 2.25. The number of methoxy groups -OCH3 is 2. The Kier molecular flexibility index (Phi) is 6.72. The molecule has 1 aromatic carbocycles. The summed E-state index contributed by atoms with van der Waals surface area (Å²) in [5, 5.41) is 5.19. The first-order valence-electron chi connectivity index (χ1n) is 5.87. The molecule has 20 heavy (non-hydrogen) atoms. The number of hydrogen-bond donors (Lipinski definition) is 2. The fourth-order valence-electron chi connectivity index (χ4n) is 1.45. The number of ether oxygens (including phenoxy) is 2. The van der Waals surface area contributed by atoms with Crippen LogP contribution in [0.2, 0.25) is 0 Å². The molecular weight excluding hydrogens is 280 g/mol. The van der Waals surface area contributed by atoms with Crippen LogP contribution in [-0.4, -0.2) is 44.6 Å². The fourth-order valence-corrected chi connectivity index (χ4v) is 1.81. The second-order valence-electron chi connectivity index (χ2n) is 3.86. The smallest absolute Gasteiger partial charge is 0.243 e. The Morgan fingerprint density at radius 3 is 2.20 bits per heavy atom. The Balaban J connectivity index is 2.59. The van der Waals surface area contributed by atoms with Gasteiger partial charge in [0.1, 0.15) is 11.5 Å². The van der Waals surface area contributed by atoms with E-state index in [1.165, 1.54) is 26.0 Å². The van der Waals surface area contributed by atoms with Crippen molar-refractivity contribution in [1.29, 1.82) is 0 Å². The number of benzene rings is 1. The van der Waals surface area contributed by atoms with Crippen LogP contribution in [0.5, 0.6) is 11.5 Å². The molecule has 0 radical (unpaired) electrons. The van der Waals surface area contributed by atoms with Crippen molar-refractivity contribution in [2.45, 2.75) is 0 Å². The molecule has 0 aliphatic heterocycles. The maximum absolute atomic E-state index is 11.7. The topological polar surface area (TPSA) is 76.7 Å². The predicted octanol–water partition coefficient (Wildman–Crippen LogP) is 1.12. The Hall–Kier alpha value is -1.89. The zero-order valence-corrected chi connectivity index (χ0v) is 12.5. The SMILES string of the molecule is COc1cc(NC(=O)CNC(=O)CSC)cc(OC)c1. The number of nitrogens with one attached hydrogen (secondary N) is 2. The van der Waals surface area contributed by atoms with E-state index in [4.69, 9.17) is 9.47 Å². The van der Waals surface area contributed by atoms with E-state index in [1.807, 2.05) is 6.26 Å². The minimum Gasteiger partial charge on any atom is -0.497 e. The van der Waals surface area contributed by atoms with Gasteiger partial charge in [-0.3, -0.25) is 9.59 Å². The summed E-state index contributed by atoms with van der Waals surface area (Å²) >= 11 is 1.40. The van der Waals surface area contributed by atoms with Crippen molar-refractivity contribution in [3.05, 3.63) is 18.2 Å². The second-order valence-corrected chi connectivity index (χ2v) is 4.73. The molecule has 0 fully saturated rings. The third kappa shape index (κ3) is 5.40. The highest BCUT2D eigenvalue weighted by Gasteiger charge is 2.07. The van der Waals surface area contributed by atoms with Gasteiger partial charge in [-0.05, 0) is 6.26 Å². The lowest BCUT2D eigenvalue weighted by atomic mass is 10.2. The van der Waals surface area contributed by atoms with E-state index in [2.05, 4.69) is 10.6 Å². The molecule has 0 atom stereocenters. The molecule has 0 bridgehead atoms. The van der Waals surface area contributed by atoms with E-state index in [0.29, 0.717) is 22.9 Å². The summed E-state index contributed by atoms with van der Waals surface area (Å²) in [4.78, 5) is 23.0. The van der Waals surface area contributed by atoms with E-state index in [-0.39, 0.29) is 18.4 Å². The van der Waals surface area contributed by atoms with Gasteiger partial charge in [-0.1, -0.05) is 0 Å². The lowest BCUT2D eigenvalue weighted by molar-refractivity contribution is -0.122. The molecule has 1 rings (SSSR count). The van der Waals surface area contributed by atoms with Crippen LogP contribution in [0.15, 0.2) is 18.2 Å². The third-order valence-electron chi connectivity index (χ3n) is 2.36. The maximum atomic E-state index is 11.7. The number of carbonyl (C=O) groups is 2. The van der Waals surface area contributed by atoms with E-state index in [1.54, 1.807) is 18.2 Å². The average molecular weight is 298 g/mol. The molecule has 0 aliphatic rings. The van der Waals surface area contributed by atoms with Crippen molar-refractivity contribution in [2.24, 2.45) is 0 Å². The van der Waals surface area contributed by atoms with Gasteiger partial charge in [0, 0.05) is 23.9 Å². The molecule has 0 aliphatic carbocycles. The largest absolute Gasteiger partial charge is 0.497 e. The number of hydrogen-bond acceptors (Lipinski definition) is 5. The molecule has 110 valence electrons. The normalized spacial score (nSPS) is 9.75. The van der Waals surface area contributed by atoms with E-state index in [9.17, 15) is 9.59 Å². The number of anilines is 1. The summed E-state index contributed by atoms with van der Waals surface area (Å²) in [6.45, 7) is -0.0705. The molecule has 6 nitrogen and oxygen atoms in total. The van der Waals surface area contributed by atoms with Gasteiger partial charge in [-0.2, -0.15) is 11.8 Å². The molecule has 0 unspecified atom stereocenters. The lowest BCUT2D eigenvalue weighted by Crippen LogP contribution is -2.33. The molecule has 0 heterocycles. The van der Waals surface area contributed by atoms with Crippen molar-refractivity contribution in [1.82, 2.24) is 5.32 Å². The number of carbonyl (C=O) groups excluding carboxylic acids is 2. The second kappa shape index (κ2) is 8.31. The van der Waals surface area contributed by atoms with Crippen molar-refractivity contribution in [3.8, 4) is 11.5 Å². The van der Waals surface area contributed by atoms with Crippen LogP contribution in [0, 0.1) is 0 Å². The van der Waals surface area contributed by atoms with Crippen LogP contribution < -0.4 is 20.1 Å². The molecular formula is C13H18N2O4S. The summed E-state index contributed by atoms with van der Waals surface area (Å²) in [7, 11) is 3.06. The number of thioether (sulfide) groups is 1. The summed E-state index contributed by atoms with van der Waals surface area (Å²) < 4.78 is 10.2. The van der Waals surface area contributed by atoms with Gasteiger partial charge in [0.05, 0.1) is 26.5 Å². The third-order valence-corrected chi connectivity index (χ3v) is 2.91. The van der Waals surface area contributed by atoms with Crippen LogP contribution in [0.1, 0.15) is 0 Å². The summed E-state index contributed by atoms with van der Waals surface area (Å²) in [5.74, 6) is 1.00. The molecule has 0 saturated heterocycles. The summed E-state index contributed by atoms with van der Waals surface area (Å²) in [6.07, 6.45) is 1.82. The Bertz CT molecular complexity index is 457. The predicted molar refractivity (Wildman–Crippen MR) is 79.6 cm³/mol. The molecule has 7 heteroatoms. The molecule has 2 N–H and O–H groups in total. The first kappa shape index (κ1) is 16.2. The first-order valence-corrected chi connectivity index (χ1v) is 7.27. The average Bonchev–Trinajstić information content (AvgIpc) is 2.45. The zero-order chi connectivity index (χ0) is 15.0. The van der Waals surface area contributed by atoms with Crippen LogP contribution in [0.3, 0.4) is 0 Å². The van der Waals surface area contributed by atoms with Crippen LogP contribution in [0.25, 0.3) is 0 Å². The van der Waals surface area contributed by atoms with E-state index >= 15 is 0 Å². The van der Waals surface area contributed by atoms with Crippen LogP contribution in [0.4, 0.5) is 5.69 Å². The van der Waals surface area contributed by atoms with Gasteiger partial charge in [-0.15, -0.1) is 0 Å². The molecule has 1 aromatic rings. The molecule has 0 aromatic heterocycles. The zero-order valence-electron chi connectivity index (χ0n) is 11.7.